The summed E-state index contributed by atoms with van der Waals surface area (Å²) in [5.74, 6) is -0.830. The quantitative estimate of drug-likeness (QED) is 0.325. The van der Waals surface area contributed by atoms with E-state index in [1.54, 1.807) is 24.3 Å². The Morgan fingerprint density at radius 3 is 2.38 bits per heavy atom. The van der Waals surface area contributed by atoms with Crippen molar-refractivity contribution >= 4 is 68.0 Å². The average Bonchev–Trinajstić information content (AvgIpc) is 2.65. The number of anilines is 3. The third kappa shape index (κ3) is 5.11. The zero-order chi connectivity index (χ0) is 21.0. The summed E-state index contributed by atoms with van der Waals surface area (Å²) in [6, 6.07) is 11.3. The van der Waals surface area contributed by atoms with E-state index in [9.17, 15) is 14.9 Å². The minimum absolute atomic E-state index is 0.110. The number of hydrogen-bond donors (Lipinski definition) is 3. The standard InChI is InChI=1S/C17H11BrCl2N6O3/c18-13-4-2-1-3-12(13)17(27)25-24-16-14(26(28)29)15(21-8-22-16)23-11-6-9(19)5-10(20)7-11/h1-8H,(H,25,27)(H2,21,22,23,24). The summed E-state index contributed by atoms with van der Waals surface area (Å²) in [4.78, 5) is 31.0. The predicted molar refractivity (Wildman–Crippen MR) is 114 cm³/mol. The van der Waals surface area contributed by atoms with Gasteiger partial charge in [0.2, 0.25) is 11.6 Å². The summed E-state index contributed by atoms with van der Waals surface area (Å²) in [7, 11) is 0. The number of nitrogens with zero attached hydrogens (tertiary/aromatic N) is 3. The lowest BCUT2D eigenvalue weighted by Gasteiger charge is -2.11. The van der Waals surface area contributed by atoms with Crippen molar-refractivity contribution in [2.75, 3.05) is 10.7 Å². The SMILES string of the molecule is O=C(NNc1ncnc(Nc2cc(Cl)cc(Cl)c2)c1[N+](=O)[O-])c1ccccc1Br. The smallest absolute Gasteiger partial charge is 0.334 e. The highest BCUT2D eigenvalue weighted by Gasteiger charge is 2.24. The topological polar surface area (TPSA) is 122 Å². The van der Waals surface area contributed by atoms with Gasteiger partial charge in [0.05, 0.1) is 10.5 Å². The van der Waals surface area contributed by atoms with E-state index < -0.39 is 16.5 Å². The summed E-state index contributed by atoms with van der Waals surface area (Å²) in [6.07, 6.45) is 1.11. The van der Waals surface area contributed by atoms with Gasteiger partial charge in [-0.15, -0.1) is 0 Å². The van der Waals surface area contributed by atoms with E-state index >= 15 is 0 Å². The minimum atomic E-state index is -0.679. The van der Waals surface area contributed by atoms with Crippen molar-refractivity contribution in [3.05, 3.63) is 79.0 Å². The van der Waals surface area contributed by atoms with E-state index in [0.717, 1.165) is 6.33 Å². The van der Waals surface area contributed by atoms with Gasteiger partial charge in [-0.05, 0) is 46.3 Å². The lowest BCUT2D eigenvalue weighted by atomic mass is 10.2. The fourth-order valence-corrected chi connectivity index (χ4v) is 3.32. The van der Waals surface area contributed by atoms with Crippen LogP contribution in [0.25, 0.3) is 0 Å². The molecule has 12 heteroatoms. The molecule has 1 heterocycles. The Morgan fingerprint density at radius 1 is 1.07 bits per heavy atom. The van der Waals surface area contributed by atoms with Gasteiger partial charge in [0, 0.05) is 20.2 Å². The van der Waals surface area contributed by atoms with Crippen molar-refractivity contribution in [1.82, 2.24) is 15.4 Å². The first-order valence-corrected chi connectivity index (χ1v) is 9.43. The van der Waals surface area contributed by atoms with E-state index in [4.69, 9.17) is 23.2 Å². The molecule has 9 nitrogen and oxygen atoms in total. The molecule has 0 unspecified atom stereocenters. The van der Waals surface area contributed by atoms with Crippen LogP contribution in [-0.4, -0.2) is 20.8 Å². The van der Waals surface area contributed by atoms with E-state index in [0.29, 0.717) is 25.8 Å². The van der Waals surface area contributed by atoms with Crippen LogP contribution in [-0.2, 0) is 0 Å². The highest BCUT2D eigenvalue weighted by molar-refractivity contribution is 9.10. The Hall–Kier alpha value is -2.95. The monoisotopic (exact) mass is 496 g/mol. The molecule has 0 fully saturated rings. The number of nitro groups is 1. The molecule has 0 atom stereocenters. The van der Waals surface area contributed by atoms with Crippen LogP contribution in [0.4, 0.5) is 23.0 Å². The fourth-order valence-electron chi connectivity index (χ4n) is 2.33. The maximum atomic E-state index is 12.3. The number of carbonyl (C=O) groups excluding carboxylic acids is 1. The molecule has 0 bridgehead atoms. The molecule has 1 aromatic heterocycles. The Labute approximate surface area is 182 Å². The summed E-state index contributed by atoms with van der Waals surface area (Å²) < 4.78 is 0.566. The van der Waals surface area contributed by atoms with Crippen molar-refractivity contribution in [3.8, 4) is 0 Å². The molecule has 0 aliphatic rings. The van der Waals surface area contributed by atoms with Crippen LogP contribution in [0.15, 0.2) is 53.3 Å². The molecule has 3 N–H and O–H groups in total. The van der Waals surface area contributed by atoms with Crippen LogP contribution in [0.5, 0.6) is 0 Å². The Kier molecular flexibility index (Phi) is 6.47. The fraction of sp³-hybridized carbons (Fsp3) is 0. The summed E-state index contributed by atoms with van der Waals surface area (Å²) in [6.45, 7) is 0. The number of nitrogens with one attached hydrogen (secondary N) is 3. The first-order chi connectivity index (χ1) is 13.8. The third-order valence-electron chi connectivity index (χ3n) is 3.54. The van der Waals surface area contributed by atoms with Gasteiger partial charge in [0.1, 0.15) is 6.33 Å². The highest BCUT2D eigenvalue weighted by atomic mass is 79.9. The number of benzene rings is 2. The van der Waals surface area contributed by atoms with Crippen LogP contribution in [0.2, 0.25) is 10.0 Å². The second-order valence-electron chi connectivity index (χ2n) is 5.52. The molecular formula is C17H11BrCl2N6O3. The Balaban J connectivity index is 1.86. The van der Waals surface area contributed by atoms with Gasteiger partial charge in [-0.25, -0.2) is 9.97 Å². The minimum Gasteiger partial charge on any atom is -0.334 e. The van der Waals surface area contributed by atoms with Crippen LogP contribution in [0.3, 0.4) is 0 Å². The van der Waals surface area contributed by atoms with Crippen molar-refractivity contribution in [1.29, 1.82) is 0 Å². The number of rotatable bonds is 6. The highest BCUT2D eigenvalue weighted by Crippen LogP contribution is 2.32. The zero-order valence-corrected chi connectivity index (χ0v) is 17.4. The first-order valence-electron chi connectivity index (χ1n) is 7.88. The van der Waals surface area contributed by atoms with Gasteiger partial charge in [-0.1, -0.05) is 35.3 Å². The third-order valence-corrected chi connectivity index (χ3v) is 4.67. The van der Waals surface area contributed by atoms with Crippen LogP contribution < -0.4 is 16.2 Å². The van der Waals surface area contributed by atoms with E-state index in [-0.39, 0.29) is 11.6 Å². The van der Waals surface area contributed by atoms with Crippen LogP contribution in [0, 0.1) is 10.1 Å². The molecule has 1 amide bonds. The first kappa shape index (κ1) is 20.8. The lowest BCUT2D eigenvalue weighted by molar-refractivity contribution is -0.383. The molecule has 0 saturated heterocycles. The number of amides is 1. The second kappa shape index (κ2) is 9.03. The summed E-state index contributed by atoms with van der Waals surface area (Å²) in [5, 5.41) is 15.1. The van der Waals surface area contributed by atoms with Crippen LogP contribution in [0.1, 0.15) is 10.4 Å². The lowest BCUT2D eigenvalue weighted by Crippen LogP contribution is -2.30. The Bertz CT molecular complexity index is 1080. The van der Waals surface area contributed by atoms with E-state index in [2.05, 4.69) is 42.1 Å². The number of aromatic nitrogens is 2. The average molecular weight is 498 g/mol. The normalized spacial score (nSPS) is 10.3. The number of hydrogen-bond acceptors (Lipinski definition) is 7. The van der Waals surface area contributed by atoms with Gasteiger partial charge >= 0.3 is 5.69 Å². The molecule has 148 valence electrons. The summed E-state index contributed by atoms with van der Waals surface area (Å²) >= 11 is 15.2. The second-order valence-corrected chi connectivity index (χ2v) is 7.25. The van der Waals surface area contributed by atoms with Gasteiger partial charge in [-0.3, -0.25) is 25.8 Å². The van der Waals surface area contributed by atoms with Gasteiger partial charge in [0.25, 0.3) is 5.91 Å². The van der Waals surface area contributed by atoms with Gasteiger partial charge < -0.3 is 5.32 Å². The maximum absolute atomic E-state index is 12.3. The van der Waals surface area contributed by atoms with E-state index in [1.807, 2.05) is 0 Å². The number of carbonyl (C=O) groups is 1. The summed E-state index contributed by atoms with van der Waals surface area (Å²) in [5.41, 5.74) is 5.10. The maximum Gasteiger partial charge on any atom is 0.355 e. The molecule has 2 aromatic carbocycles. The molecule has 29 heavy (non-hydrogen) atoms. The molecule has 0 aliphatic heterocycles. The molecule has 3 rings (SSSR count). The molecular weight excluding hydrogens is 487 g/mol. The van der Waals surface area contributed by atoms with Gasteiger partial charge in [0.15, 0.2) is 0 Å². The molecule has 0 spiro atoms. The zero-order valence-electron chi connectivity index (χ0n) is 14.3. The van der Waals surface area contributed by atoms with Gasteiger partial charge in [-0.2, -0.15) is 0 Å². The Morgan fingerprint density at radius 2 is 1.72 bits per heavy atom. The van der Waals surface area contributed by atoms with Crippen molar-refractivity contribution in [2.45, 2.75) is 0 Å². The number of hydrazine groups is 1. The molecule has 3 aromatic rings. The van der Waals surface area contributed by atoms with Crippen molar-refractivity contribution in [3.63, 3.8) is 0 Å². The number of halogens is 3. The molecule has 0 aliphatic carbocycles. The van der Waals surface area contributed by atoms with E-state index in [1.165, 1.54) is 18.2 Å². The predicted octanol–water partition coefficient (Wildman–Crippen LogP) is 4.95. The van der Waals surface area contributed by atoms with Crippen molar-refractivity contribution in [2.24, 2.45) is 0 Å². The molecule has 0 saturated carbocycles. The van der Waals surface area contributed by atoms with Crippen molar-refractivity contribution < 1.29 is 9.72 Å². The largest absolute Gasteiger partial charge is 0.355 e. The molecule has 0 radical (unpaired) electrons. The van der Waals surface area contributed by atoms with Crippen LogP contribution >= 0.6 is 39.1 Å².